The van der Waals surface area contributed by atoms with Gasteiger partial charge in [-0.15, -0.1) is 0 Å². The smallest absolute Gasteiger partial charge is 0.306 e. The van der Waals surface area contributed by atoms with Crippen LogP contribution in [0.15, 0.2) is 30.3 Å². The maximum Gasteiger partial charge on any atom is 0.306 e. The molecule has 1 amide bonds. The zero-order valence-corrected chi connectivity index (χ0v) is 9.38. The molecule has 0 aromatic heterocycles. The molecule has 1 atom stereocenters. The lowest BCUT2D eigenvalue weighted by atomic mass is 10.1. The first kappa shape index (κ1) is 12.2. The fourth-order valence-corrected chi connectivity index (χ4v) is 1.28. The van der Waals surface area contributed by atoms with E-state index in [0.29, 0.717) is 0 Å². The minimum atomic E-state index is -0.949. The zero-order valence-electron chi connectivity index (χ0n) is 9.38. The average molecular weight is 221 g/mol. The van der Waals surface area contributed by atoms with Crippen LogP contribution in [0.4, 0.5) is 5.69 Å². The van der Waals surface area contributed by atoms with Gasteiger partial charge in [-0.05, 0) is 12.1 Å². The molecule has 0 aliphatic rings. The molecule has 1 aromatic carbocycles. The Balaban J connectivity index is 2.65. The molecule has 0 heterocycles. The average Bonchev–Trinajstić information content (AvgIpc) is 2.28. The predicted molar refractivity (Wildman–Crippen MR) is 61.3 cm³/mol. The summed E-state index contributed by atoms with van der Waals surface area (Å²) in [6.07, 6.45) is 0.0146. The molecular formula is C12H15NO3. The standard InChI is InChI=1S/C12H15NO3/c1-9(12(15)16)8-11(14)13(2)10-6-4-3-5-7-10/h3-7,9H,8H2,1-2H3,(H,15,16). The number of rotatable bonds is 4. The second kappa shape index (κ2) is 5.30. The van der Waals surface area contributed by atoms with Crippen molar-refractivity contribution in [2.75, 3.05) is 11.9 Å². The molecule has 1 rings (SSSR count). The van der Waals surface area contributed by atoms with Crippen LogP contribution in [0.1, 0.15) is 13.3 Å². The van der Waals surface area contributed by atoms with E-state index in [-0.39, 0.29) is 12.3 Å². The summed E-state index contributed by atoms with van der Waals surface area (Å²) in [6.45, 7) is 1.53. The van der Waals surface area contributed by atoms with Crippen molar-refractivity contribution in [2.45, 2.75) is 13.3 Å². The lowest BCUT2D eigenvalue weighted by Crippen LogP contribution is -2.29. The molecule has 0 radical (unpaired) electrons. The van der Waals surface area contributed by atoms with Crippen molar-refractivity contribution < 1.29 is 14.7 Å². The van der Waals surface area contributed by atoms with Crippen molar-refractivity contribution >= 4 is 17.6 Å². The van der Waals surface area contributed by atoms with E-state index in [1.165, 1.54) is 11.8 Å². The zero-order chi connectivity index (χ0) is 12.1. The lowest BCUT2D eigenvalue weighted by Gasteiger charge is -2.18. The molecule has 0 spiro atoms. The first-order valence-electron chi connectivity index (χ1n) is 5.06. The van der Waals surface area contributed by atoms with Crippen LogP contribution in [-0.4, -0.2) is 24.0 Å². The van der Waals surface area contributed by atoms with Gasteiger partial charge in [0.25, 0.3) is 0 Å². The summed E-state index contributed by atoms with van der Waals surface area (Å²) in [5.41, 5.74) is 0.769. The lowest BCUT2D eigenvalue weighted by molar-refractivity contribution is -0.143. The topological polar surface area (TPSA) is 57.6 Å². The molecule has 16 heavy (non-hydrogen) atoms. The molecule has 1 aromatic rings. The van der Waals surface area contributed by atoms with E-state index in [1.54, 1.807) is 7.05 Å². The van der Waals surface area contributed by atoms with E-state index in [1.807, 2.05) is 30.3 Å². The van der Waals surface area contributed by atoms with Gasteiger partial charge in [-0.3, -0.25) is 9.59 Å². The summed E-state index contributed by atoms with van der Waals surface area (Å²) in [6, 6.07) is 9.15. The summed E-state index contributed by atoms with van der Waals surface area (Å²) in [4.78, 5) is 23.8. The van der Waals surface area contributed by atoms with Crippen LogP contribution < -0.4 is 4.90 Å². The highest BCUT2D eigenvalue weighted by Crippen LogP contribution is 2.14. The first-order chi connectivity index (χ1) is 7.52. The molecule has 1 N–H and O–H groups in total. The highest BCUT2D eigenvalue weighted by molar-refractivity contribution is 5.94. The van der Waals surface area contributed by atoms with Gasteiger partial charge >= 0.3 is 5.97 Å². The van der Waals surface area contributed by atoms with Crippen molar-refractivity contribution in [3.8, 4) is 0 Å². The van der Waals surface area contributed by atoms with Crippen LogP contribution >= 0.6 is 0 Å². The van der Waals surface area contributed by atoms with Crippen molar-refractivity contribution in [3.63, 3.8) is 0 Å². The third-order valence-electron chi connectivity index (χ3n) is 2.42. The van der Waals surface area contributed by atoms with Gasteiger partial charge in [0.15, 0.2) is 0 Å². The first-order valence-corrected chi connectivity index (χ1v) is 5.06. The Kier molecular flexibility index (Phi) is 4.05. The van der Waals surface area contributed by atoms with Gasteiger partial charge in [0.1, 0.15) is 0 Å². The number of carboxylic acids is 1. The van der Waals surface area contributed by atoms with Gasteiger partial charge in [-0.1, -0.05) is 25.1 Å². The molecule has 0 aliphatic carbocycles. The normalized spacial score (nSPS) is 11.9. The SMILES string of the molecule is CC(CC(=O)N(C)c1ccccc1)C(=O)O. The Morgan fingerprint density at radius 3 is 2.38 bits per heavy atom. The predicted octanol–water partition coefficient (Wildman–Crippen LogP) is 1.76. The fourth-order valence-electron chi connectivity index (χ4n) is 1.28. The van der Waals surface area contributed by atoms with Crippen LogP contribution in [0.5, 0.6) is 0 Å². The molecule has 4 heteroatoms. The molecule has 0 aliphatic heterocycles. The van der Waals surface area contributed by atoms with Crippen LogP contribution in [0.3, 0.4) is 0 Å². The molecule has 0 saturated heterocycles. The molecule has 4 nitrogen and oxygen atoms in total. The van der Waals surface area contributed by atoms with Crippen LogP contribution in [0, 0.1) is 5.92 Å². The van der Waals surface area contributed by atoms with E-state index in [4.69, 9.17) is 5.11 Å². The van der Waals surface area contributed by atoms with Gasteiger partial charge in [-0.2, -0.15) is 0 Å². The number of carbonyl (C=O) groups is 2. The van der Waals surface area contributed by atoms with Crippen molar-refractivity contribution in [2.24, 2.45) is 5.92 Å². The Hall–Kier alpha value is -1.84. The largest absolute Gasteiger partial charge is 0.481 e. The summed E-state index contributed by atoms with van der Waals surface area (Å²) in [5.74, 6) is -1.80. The number of nitrogens with zero attached hydrogens (tertiary/aromatic N) is 1. The van der Waals surface area contributed by atoms with Crippen molar-refractivity contribution in [1.82, 2.24) is 0 Å². The number of carboxylic acid groups (broad SMARTS) is 1. The van der Waals surface area contributed by atoms with Crippen LogP contribution in [0.2, 0.25) is 0 Å². The van der Waals surface area contributed by atoms with E-state index in [0.717, 1.165) is 5.69 Å². The highest BCUT2D eigenvalue weighted by atomic mass is 16.4. The van der Waals surface area contributed by atoms with E-state index in [2.05, 4.69) is 0 Å². The van der Waals surface area contributed by atoms with Gasteiger partial charge in [-0.25, -0.2) is 0 Å². The molecule has 0 saturated carbocycles. The minimum absolute atomic E-state index is 0.0146. The number of benzene rings is 1. The fraction of sp³-hybridized carbons (Fsp3) is 0.333. The highest BCUT2D eigenvalue weighted by Gasteiger charge is 2.19. The van der Waals surface area contributed by atoms with Crippen molar-refractivity contribution in [1.29, 1.82) is 0 Å². The second-order valence-electron chi connectivity index (χ2n) is 3.73. The maximum atomic E-state index is 11.7. The molecule has 0 fully saturated rings. The maximum absolute atomic E-state index is 11.7. The van der Waals surface area contributed by atoms with Crippen LogP contribution in [0.25, 0.3) is 0 Å². The number of anilines is 1. The van der Waals surface area contributed by atoms with Crippen LogP contribution in [-0.2, 0) is 9.59 Å². The van der Waals surface area contributed by atoms with E-state index in [9.17, 15) is 9.59 Å². The number of para-hydroxylation sites is 1. The number of hydrogen-bond donors (Lipinski definition) is 1. The Morgan fingerprint density at radius 1 is 1.31 bits per heavy atom. The molecular weight excluding hydrogens is 206 g/mol. The Labute approximate surface area is 94.5 Å². The van der Waals surface area contributed by atoms with E-state index >= 15 is 0 Å². The molecule has 0 bridgehead atoms. The Bertz CT molecular complexity index is 375. The summed E-state index contributed by atoms with van der Waals surface area (Å²) >= 11 is 0. The van der Waals surface area contributed by atoms with Gasteiger partial charge in [0, 0.05) is 19.2 Å². The van der Waals surface area contributed by atoms with Gasteiger partial charge < -0.3 is 10.0 Å². The Morgan fingerprint density at radius 2 is 1.88 bits per heavy atom. The monoisotopic (exact) mass is 221 g/mol. The molecule has 1 unspecified atom stereocenters. The summed E-state index contributed by atoms with van der Waals surface area (Å²) in [5, 5.41) is 8.71. The summed E-state index contributed by atoms with van der Waals surface area (Å²) < 4.78 is 0. The second-order valence-corrected chi connectivity index (χ2v) is 3.73. The minimum Gasteiger partial charge on any atom is -0.481 e. The third kappa shape index (κ3) is 3.08. The van der Waals surface area contributed by atoms with Gasteiger partial charge in [0.05, 0.1) is 5.92 Å². The number of amides is 1. The molecule has 86 valence electrons. The number of carbonyl (C=O) groups excluding carboxylic acids is 1. The number of hydrogen-bond acceptors (Lipinski definition) is 2. The quantitative estimate of drug-likeness (QED) is 0.842. The van der Waals surface area contributed by atoms with E-state index < -0.39 is 11.9 Å². The third-order valence-corrected chi connectivity index (χ3v) is 2.42. The van der Waals surface area contributed by atoms with Gasteiger partial charge in [0.2, 0.25) is 5.91 Å². The van der Waals surface area contributed by atoms with Crippen molar-refractivity contribution in [3.05, 3.63) is 30.3 Å². The summed E-state index contributed by atoms with van der Waals surface area (Å²) in [7, 11) is 1.65. The number of aliphatic carboxylic acids is 1.